The number of nitrogens with zero attached hydrogens (tertiary/aromatic N) is 1. The molecule has 1 aliphatic rings. The predicted molar refractivity (Wildman–Crippen MR) is 94.7 cm³/mol. The van der Waals surface area contributed by atoms with E-state index in [9.17, 15) is 4.79 Å². The van der Waals surface area contributed by atoms with E-state index in [2.05, 4.69) is 17.1 Å². The molecule has 134 valence electrons. The molecule has 1 fully saturated rings. The van der Waals surface area contributed by atoms with Crippen LogP contribution in [-0.2, 0) is 11.3 Å². The monoisotopic (exact) mass is 355 g/mol. The van der Waals surface area contributed by atoms with Gasteiger partial charge in [0.05, 0.1) is 12.1 Å². The number of nitrogens with one attached hydrogen (secondary N) is 1. The summed E-state index contributed by atoms with van der Waals surface area (Å²) in [5.74, 6) is 0.280. The largest absolute Gasteiger partial charge is 0.493 e. The van der Waals surface area contributed by atoms with Gasteiger partial charge in [0.1, 0.15) is 0 Å². The fourth-order valence-corrected chi connectivity index (χ4v) is 3.37. The van der Waals surface area contributed by atoms with E-state index < -0.39 is 5.91 Å². The molecule has 0 aliphatic carbocycles. The zero-order valence-corrected chi connectivity index (χ0v) is 15.1. The molecule has 1 heterocycles. The van der Waals surface area contributed by atoms with Gasteiger partial charge >= 0.3 is 0 Å². The average molecular weight is 356 g/mol. The van der Waals surface area contributed by atoms with Gasteiger partial charge in [0.2, 0.25) is 0 Å². The van der Waals surface area contributed by atoms with Gasteiger partial charge in [0.25, 0.3) is 5.91 Å². The minimum atomic E-state index is -0.559. The normalized spacial score (nSPS) is 17.9. The highest BCUT2D eigenvalue weighted by Crippen LogP contribution is 2.36. The zero-order chi connectivity index (χ0) is 17.5. The third kappa shape index (κ3) is 5.00. The van der Waals surface area contributed by atoms with Crippen LogP contribution in [0.3, 0.4) is 0 Å². The van der Waals surface area contributed by atoms with Gasteiger partial charge in [-0.1, -0.05) is 18.5 Å². The highest BCUT2D eigenvalue weighted by atomic mass is 35.5. The molecule has 0 spiro atoms. The average Bonchev–Trinajstić information content (AvgIpc) is 3.00. The van der Waals surface area contributed by atoms with Crippen molar-refractivity contribution in [2.75, 3.05) is 33.4 Å². The van der Waals surface area contributed by atoms with Crippen molar-refractivity contribution >= 4 is 17.5 Å². The second kappa shape index (κ2) is 9.11. The lowest BCUT2D eigenvalue weighted by molar-refractivity contribution is -0.119. The quantitative estimate of drug-likeness (QED) is 0.706. The van der Waals surface area contributed by atoms with E-state index in [1.807, 2.05) is 12.1 Å². The molecule has 1 unspecified atom stereocenters. The molecule has 0 bridgehead atoms. The number of carbonyl (C=O) groups is 1. The van der Waals surface area contributed by atoms with E-state index in [1.165, 1.54) is 26.5 Å². The van der Waals surface area contributed by atoms with Crippen molar-refractivity contribution in [1.29, 1.82) is 0 Å². The number of carbonyl (C=O) groups excluding carboxylic acids is 1. The number of rotatable bonds is 9. The van der Waals surface area contributed by atoms with Gasteiger partial charge in [0, 0.05) is 19.1 Å². The zero-order valence-electron chi connectivity index (χ0n) is 14.3. The number of methoxy groups -OCH3 is 1. The van der Waals surface area contributed by atoms with Crippen LogP contribution in [0.15, 0.2) is 12.1 Å². The second-order valence-electron chi connectivity index (χ2n) is 5.92. The Morgan fingerprint density at radius 1 is 1.50 bits per heavy atom. The van der Waals surface area contributed by atoms with Gasteiger partial charge in [-0.2, -0.15) is 0 Å². The number of hydrogen-bond donors (Lipinski definition) is 2. The van der Waals surface area contributed by atoms with Crippen molar-refractivity contribution in [3.05, 3.63) is 22.7 Å². The Hall–Kier alpha value is -1.50. The van der Waals surface area contributed by atoms with Crippen molar-refractivity contribution < 1.29 is 14.3 Å². The van der Waals surface area contributed by atoms with Crippen molar-refractivity contribution in [2.45, 2.75) is 32.4 Å². The van der Waals surface area contributed by atoms with Crippen molar-refractivity contribution in [1.82, 2.24) is 10.2 Å². The van der Waals surface area contributed by atoms with E-state index in [-0.39, 0.29) is 6.61 Å². The van der Waals surface area contributed by atoms with Gasteiger partial charge in [-0.15, -0.1) is 0 Å². The maximum absolute atomic E-state index is 10.9. The summed E-state index contributed by atoms with van der Waals surface area (Å²) in [6, 6.07) is 4.28. The summed E-state index contributed by atoms with van der Waals surface area (Å²) in [5.41, 5.74) is 6.10. The first-order valence-corrected chi connectivity index (χ1v) is 8.65. The number of primary amides is 1. The molecular weight excluding hydrogens is 330 g/mol. The lowest BCUT2D eigenvalue weighted by Gasteiger charge is -2.23. The first-order valence-electron chi connectivity index (χ1n) is 8.27. The molecule has 24 heavy (non-hydrogen) atoms. The van der Waals surface area contributed by atoms with Gasteiger partial charge < -0.3 is 20.5 Å². The summed E-state index contributed by atoms with van der Waals surface area (Å²) in [7, 11) is 1.54. The number of benzene rings is 1. The molecule has 6 nitrogen and oxygen atoms in total. The topological polar surface area (TPSA) is 76.8 Å². The summed E-state index contributed by atoms with van der Waals surface area (Å²) < 4.78 is 10.6. The fraction of sp³-hybridized carbons (Fsp3) is 0.588. The molecule has 3 N–H and O–H groups in total. The highest BCUT2D eigenvalue weighted by Gasteiger charge is 2.22. The summed E-state index contributed by atoms with van der Waals surface area (Å²) in [6.45, 7) is 5.90. The van der Waals surface area contributed by atoms with Crippen LogP contribution in [0.25, 0.3) is 0 Å². The third-order valence-corrected chi connectivity index (χ3v) is 4.54. The number of nitrogens with two attached hydrogens (primary N) is 1. The lowest BCUT2D eigenvalue weighted by Crippen LogP contribution is -2.37. The second-order valence-corrected chi connectivity index (χ2v) is 6.33. The number of hydrogen-bond acceptors (Lipinski definition) is 5. The van der Waals surface area contributed by atoms with Gasteiger partial charge in [-0.05, 0) is 43.6 Å². The molecule has 1 aromatic rings. The minimum Gasteiger partial charge on any atom is -0.493 e. The van der Waals surface area contributed by atoms with E-state index in [1.54, 1.807) is 0 Å². The molecule has 1 atom stereocenters. The van der Waals surface area contributed by atoms with E-state index >= 15 is 0 Å². The van der Waals surface area contributed by atoms with Crippen LogP contribution >= 0.6 is 11.6 Å². The molecule has 1 aromatic carbocycles. The van der Waals surface area contributed by atoms with Gasteiger partial charge in [0.15, 0.2) is 18.1 Å². The maximum Gasteiger partial charge on any atom is 0.255 e. The molecule has 1 amide bonds. The number of halogens is 1. The number of likely N-dealkylation sites (N-methyl/N-ethyl adjacent to an activating group) is 1. The number of likely N-dealkylation sites (tertiary alicyclic amines) is 1. The standard InChI is InChI=1S/C17H26ClN3O3/c1-3-21-6-4-5-13(21)10-20-9-12-7-14(18)17(15(8-12)23-2)24-11-16(19)22/h7-8,13,20H,3-6,9-11H2,1-2H3,(H2,19,22). The molecule has 0 radical (unpaired) electrons. The predicted octanol–water partition coefficient (Wildman–Crippen LogP) is 1.79. The first-order chi connectivity index (χ1) is 11.5. The Morgan fingerprint density at radius 2 is 2.29 bits per heavy atom. The minimum absolute atomic E-state index is 0.234. The summed E-state index contributed by atoms with van der Waals surface area (Å²) in [6.07, 6.45) is 2.51. The summed E-state index contributed by atoms with van der Waals surface area (Å²) in [4.78, 5) is 13.4. The van der Waals surface area contributed by atoms with Crippen LogP contribution in [0.5, 0.6) is 11.5 Å². The number of amides is 1. The fourth-order valence-electron chi connectivity index (χ4n) is 3.08. The van der Waals surface area contributed by atoms with E-state index in [0.29, 0.717) is 29.1 Å². The van der Waals surface area contributed by atoms with Crippen LogP contribution in [0.4, 0.5) is 0 Å². The van der Waals surface area contributed by atoms with Gasteiger partial charge in [-0.25, -0.2) is 0 Å². The highest BCUT2D eigenvalue weighted by molar-refractivity contribution is 6.32. The Labute approximate surface area is 148 Å². The Kier molecular flexibility index (Phi) is 7.15. The van der Waals surface area contributed by atoms with Crippen molar-refractivity contribution in [3.8, 4) is 11.5 Å². The smallest absolute Gasteiger partial charge is 0.255 e. The Morgan fingerprint density at radius 3 is 2.96 bits per heavy atom. The van der Waals surface area contributed by atoms with Crippen molar-refractivity contribution in [2.24, 2.45) is 5.73 Å². The van der Waals surface area contributed by atoms with Crippen LogP contribution in [0.1, 0.15) is 25.3 Å². The third-order valence-electron chi connectivity index (χ3n) is 4.26. The van der Waals surface area contributed by atoms with Gasteiger partial charge in [-0.3, -0.25) is 9.69 Å². The summed E-state index contributed by atoms with van der Waals surface area (Å²) in [5, 5.41) is 3.89. The maximum atomic E-state index is 10.9. The molecule has 0 saturated carbocycles. The van der Waals surface area contributed by atoms with Crippen LogP contribution in [0, 0.1) is 0 Å². The number of ether oxygens (including phenoxy) is 2. The van der Waals surface area contributed by atoms with Crippen LogP contribution in [-0.4, -0.2) is 50.2 Å². The molecule has 1 aliphatic heterocycles. The van der Waals surface area contributed by atoms with Crippen molar-refractivity contribution in [3.63, 3.8) is 0 Å². The van der Waals surface area contributed by atoms with Crippen LogP contribution in [0.2, 0.25) is 5.02 Å². The van der Waals surface area contributed by atoms with E-state index in [4.69, 9.17) is 26.8 Å². The molecule has 0 aromatic heterocycles. The molecule has 1 saturated heterocycles. The molecule has 2 rings (SSSR count). The SMILES string of the molecule is CCN1CCCC1CNCc1cc(Cl)c(OCC(N)=O)c(OC)c1. The Bertz CT molecular complexity index is 568. The van der Waals surface area contributed by atoms with Crippen LogP contribution < -0.4 is 20.5 Å². The first kappa shape index (κ1) is 18.8. The van der Waals surface area contributed by atoms with E-state index in [0.717, 1.165) is 18.7 Å². The summed E-state index contributed by atoms with van der Waals surface area (Å²) >= 11 is 6.26. The molecule has 7 heteroatoms. The lowest BCUT2D eigenvalue weighted by atomic mass is 10.1. The Balaban J connectivity index is 1.95. The molecular formula is C17H26ClN3O3.